The van der Waals surface area contributed by atoms with Crippen LogP contribution in [0.5, 0.6) is 0 Å². The largest absolute Gasteiger partial charge is 0.431 e. The summed E-state index contributed by atoms with van der Waals surface area (Å²) in [6.45, 7) is -0.0585. The molecule has 0 aromatic carbocycles. The van der Waals surface area contributed by atoms with Crippen molar-refractivity contribution in [3.05, 3.63) is 12.3 Å². The molecule has 10 nitrogen and oxygen atoms in total. The van der Waals surface area contributed by atoms with E-state index in [4.69, 9.17) is 10.6 Å². The first-order chi connectivity index (χ1) is 14.7. The summed E-state index contributed by atoms with van der Waals surface area (Å²) in [5, 5.41) is 13.0. The van der Waals surface area contributed by atoms with Crippen LogP contribution in [0.25, 0.3) is 0 Å². The summed E-state index contributed by atoms with van der Waals surface area (Å²) in [6, 6.07) is 0. The second-order valence-corrected chi connectivity index (χ2v) is 7.82. The molecule has 1 unspecified atom stereocenters. The van der Waals surface area contributed by atoms with Crippen LogP contribution in [-0.2, 0) is 14.3 Å². The van der Waals surface area contributed by atoms with Crippen molar-refractivity contribution in [2.24, 2.45) is 22.7 Å². The van der Waals surface area contributed by atoms with Crippen LogP contribution in [0.1, 0.15) is 25.7 Å². The second kappa shape index (κ2) is 9.51. The van der Waals surface area contributed by atoms with E-state index in [1.807, 2.05) is 0 Å². The van der Waals surface area contributed by atoms with E-state index in [1.165, 1.54) is 0 Å². The van der Waals surface area contributed by atoms with Crippen molar-refractivity contribution in [3.8, 4) is 0 Å². The third-order valence-electron chi connectivity index (χ3n) is 5.97. The minimum Gasteiger partial charge on any atom is -0.379 e. The third-order valence-corrected chi connectivity index (χ3v) is 5.97. The standard InChI is InChI=1S/C18H27F3N6O4/c19-18(20,21)17(25-7-9-31-10-8-25)5-6-23-16(24-17)27(22)15(29)14(11-26(30)12-28)13-3-1-2-4-13/h5-6,12-14,30H,1-4,7-11,22H2,(H,23,24)/t14-,17?/m0/s1. The normalized spacial score (nSPS) is 26.2. The predicted octanol–water partition coefficient (Wildman–Crippen LogP) is 0.406. The fraction of sp³-hybridized carbons (Fsp3) is 0.722. The summed E-state index contributed by atoms with van der Waals surface area (Å²) in [5.41, 5.74) is -2.69. The van der Waals surface area contributed by atoms with Crippen LogP contribution in [0, 0.1) is 11.8 Å². The van der Waals surface area contributed by atoms with Crippen LogP contribution in [0.4, 0.5) is 13.2 Å². The molecule has 4 N–H and O–H groups in total. The molecule has 0 bridgehead atoms. The number of guanidine groups is 1. The Hall–Kier alpha value is -2.22. The molecule has 2 heterocycles. The molecule has 2 aliphatic heterocycles. The van der Waals surface area contributed by atoms with Gasteiger partial charge < -0.3 is 10.1 Å². The molecule has 2 amide bonds. The summed E-state index contributed by atoms with van der Waals surface area (Å²) in [6.07, 6.45) is 0.477. The van der Waals surface area contributed by atoms with Crippen LogP contribution in [-0.4, -0.2) is 83.1 Å². The van der Waals surface area contributed by atoms with Gasteiger partial charge in [0, 0.05) is 19.3 Å². The first kappa shape index (κ1) is 23.4. The highest BCUT2D eigenvalue weighted by Crippen LogP contribution is 2.40. The Bertz CT molecular complexity index is 722. The first-order valence-electron chi connectivity index (χ1n) is 10.1. The molecule has 1 saturated carbocycles. The van der Waals surface area contributed by atoms with Gasteiger partial charge in [0.15, 0.2) is 0 Å². The molecular weight excluding hydrogens is 421 g/mol. The Balaban J connectivity index is 1.88. The van der Waals surface area contributed by atoms with Crippen molar-refractivity contribution < 1.29 is 32.7 Å². The molecule has 2 fully saturated rings. The number of carbonyl (C=O) groups is 2. The molecule has 2 atom stereocenters. The molecular formula is C18H27F3N6O4. The topological polar surface area (TPSA) is 124 Å². The Labute approximate surface area is 177 Å². The number of nitrogens with one attached hydrogen (secondary N) is 1. The summed E-state index contributed by atoms with van der Waals surface area (Å²) in [7, 11) is 0. The number of rotatable bonds is 6. The number of morpholine rings is 1. The van der Waals surface area contributed by atoms with Gasteiger partial charge in [-0.15, -0.1) is 0 Å². The minimum absolute atomic E-state index is 0.00263. The Morgan fingerprint density at radius 3 is 2.65 bits per heavy atom. The molecule has 0 aromatic rings. The van der Waals surface area contributed by atoms with E-state index in [1.54, 1.807) is 0 Å². The predicted molar refractivity (Wildman–Crippen MR) is 102 cm³/mol. The molecule has 3 aliphatic rings. The minimum atomic E-state index is -4.78. The Morgan fingerprint density at radius 1 is 1.42 bits per heavy atom. The van der Waals surface area contributed by atoms with Gasteiger partial charge in [-0.2, -0.15) is 13.2 Å². The maximum absolute atomic E-state index is 14.1. The molecule has 13 heteroatoms. The van der Waals surface area contributed by atoms with Gasteiger partial charge in [-0.3, -0.25) is 19.7 Å². The van der Waals surface area contributed by atoms with Crippen molar-refractivity contribution in [2.75, 3.05) is 32.8 Å². The number of hydrogen-bond donors (Lipinski definition) is 3. The number of nitrogens with zero attached hydrogens (tertiary/aromatic N) is 4. The molecule has 174 valence electrons. The van der Waals surface area contributed by atoms with E-state index in [0.29, 0.717) is 22.9 Å². The van der Waals surface area contributed by atoms with Crippen LogP contribution >= 0.6 is 0 Å². The van der Waals surface area contributed by atoms with Crippen molar-refractivity contribution in [1.29, 1.82) is 0 Å². The zero-order valence-corrected chi connectivity index (χ0v) is 16.9. The van der Waals surface area contributed by atoms with E-state index in [9.17, 15) is 28.0 Å². The fourth-order valence-corrected chi connectivity index (χ4v) is 4.32. The van der Waals surface area contributed by atoms with Gasteiger partial charge in [-0.25, -0.2) is 20.9 Å². The smallest absolute Gasteiger partial charge is 0.379 e. The number of nitrogens with two attached hydrogens (primary N) is 1. The maximum Gasteiger partial charge on any atom is 0.431 e. The fourth-order valence-electron chi connectivity index (χ4n) is 4.32. The SMILES string of the molecule is NN(C(=O)[C@@H](CN(O)C=O)C1CCCC1)C1=NC(N2CCOCC2)(C(F)(F)F)C=CN1. The number of hydrazine groups is 1. The van der Waals surface area contributed by atoms with Crippen molar-refractivity contribution in [2.45, 2.75) is 37.5 Å². The lowest BCUT2D eigenvalue weighted by Gasteiger charge is -2.43. The summed E-state index contributed by atoms with van der Waals surface area (Å²) in [5.74, 6) is 3.71. The van der Waals surface area contributed by atoms with E-state index in [-0.39, 0.29) is 45.2 Å². The van der Waals surface area contributed by atoms with Gasteiger partial charge >= 0.3 is 6.18 Å². The summed E-state index contributed by atoms with van der Waals surface area (Å²) >= 11 is 0. The summed E-state index contributed by atoms with van der Waals surface area (Å²) in [4.78, 5) is 28.9. The highest BCUT2D eigenvalue weighted by Gasteiger charge is 2.59. The molecule has 0 aromatic heterocycles. The molecule has 0 radical (unpaired) electrons. The molecule has 3 rings (SSSR count). The number of ether oxygens (including phenoxy) is 1. The van der Waals surface area contributed by atoms with Gasteiger partial charge in [-0.1, -0.05) is 12.8 Å². The average Bonchev–Trinajstić information content (AvgIpc) is 3.30. The van der Waals surface area contributed by atoms with Crippen LogP contribution in [0.3, 0.4) is 0 Å². The monoisotopic (exact) mass is 448 g/mol. The van der Waals surface area contributed by atoms with Crippen molar-refractivity contribution in [1.82, 2.24) is 20.3 Å². The third kappa shape index (κ3) is 4.84. The lowest BCUT2D eigenvalue weighted by Crippen LogP contribution is -2.63. The number of hydroxylamine groups is 2. The number of alkyl halides is 3. The Morgan fingerprint density at radius 2 is 2.06 bits per heavy atom. The molecule has 31 heavy (non-hydrogen) atoms. The number of hydrogen-bond acceptors (Lipinski definition) is 8. The van der Waals surface area contributed by atoms with Crippen molar-refractivity contribution in [3.63, 3.8) is 0 Å². The second-order valence-electron chi connectivity index (χ2n) is 7.82. The van der Waals surface area contributed by atoms with Gasteiger partial charge in [0.2, 0.25) is 23.9 Å². The lowest BCUT2D eigenvalue weighted by molar-refractivity contribution is -0.221. The van der Waals surface area contributed by atoms with E-state index >= 15 is 0 Å². The lowest BCUT2D eigenvalue weighted by atomic mass is 9.89. The van der Waals surface area contributed by atoms with Crippen LogP contribution in [0.15, 0.2) is 17.3 Å². The van der Waals surface area contributed by atoms with E-state index in [0.717, 1.165) is 30.0 Å². The average molecular weight is 448 g/mol. The molecule has 1 saturated heterocycles. The molecule has 1 aliphatic carbocycles. The van der Waals surface area contributed by atoms with Gasteiger partial charge in [-0.05, 0) is 24.8 Å². The zero-order chi connectivity index (χ0) is 22.6. The maximum atomic E-state index is 14.1. The number of aliphatic imine (C=N–C) groups is 1. The first-order valence-corrected chi connectivity index (χ1v) is 10.1. The van der Waals surface area contributed by atoms with Gasteiger partial charge in [0.1, 0.15) is 0 Å². The number of amides is 2. The van der Waals surface area contributed by atoms with Crippen LogP contribution in [0.2, 0.25) is 0 Å². The van der Waals surface area contributed by atoms with Gasteiger partial charge in [0.05, 0.1) is 25.7 Å². The van der Waals surface area contributed by atoms with Gasteiger partial charge in [0.25, 0.3) is 0 Å². The van der Waals surface area contributed by atoms with E-state index < -0.39 is 29.6 Å². The quantitative estimate of drug-likeness (QED) is 0.177. The van der Waals surface area contributed by atoms with E-state index in [2.05, 4.69) is 10.3 Å². The molecule has 0 spiro atoms. The number of halogens is 3. The summed E-state index contributed by atoms with van der Waals surface area (Å²) < 4.78 is 47.6. The Kier molecular flexibility index (Phi) is 7.19. The highest BCUT2D eigenvalue weighted by atomic mass is 19.4. The van der Waals surface area contributed by atoms with Crippen LogP contribution < -0.4 is 11.2 Å². The number of carbonyl (C=O) groups excluding carboxylic acids is 2. The highest BCUT2D eigenvalue weighted by molar-refractivity contribution is 5.98. The zero-order valence-electron chi connectivity index (χ0n) is 16.9. The van der Waals surface area contributed by atoms with Crippen molar-refractivity contribution >= 4 is 18.3 Å².